The van der Waals surface area contributed by atoms with Crippen molar-refractivity contribution >= 4 is 29.4 Å². The normalized spacial score (nSPS) is 10.4. The molecular formula is C18H17ClN4O. The number of carbonyl (C=O) groups excluding carboxylic acids is 1. The van der Waals surface area contributed by atoms with Crippen molar-refractivity contribution in [2.75, 3.05) is 18.5 Å². The predicted octanol–water partition coefficient (Wildman–Crippen LogP) is 3.45. The molecule has 0 bridgehead atoms. The Labute approximate surface area is 146 Å². The summed E-state index contributed by atoms with van der Waals surface area (Å²) in [6.07, 6.45) is 2.04. The third kappa shape index (κ3) is 4.83. The second kappa shape index (κ2) is 8.70. The van der Waals surface area contributed by atoms with Gasteiger partial charge in [0.05, 0.1) is 29.3 Å². The molecule has 0 unspecified atom stereocenters. The smallest absolute Gasteiger partial charge is 0.272 e. The first-order chi connectivity index (χ1) is 11.6. The maximum absolute atomic E-state index is 12.0. The molecule has 0 aliphatic carbocycles. The Morgan fingerprint density at radius 3 is 2.67 bits per heavy atom. The van der Waals surface area contributed by atoms with E-state index >= 15 is 0 Å². The van der Waals surface area contributed by atoms with Gasteiger partial charge in [-0.3, -0.25) is 4.79 Å². The number of amides is 1. The summed E-state index contributed by atoms with van der Waals surface area (Å²) in [7, 11) is 1.93. The first kappa shape index (κ1) is 17.5. The van der Waals surface area contributed by atoms with Gasteiger partial charge in [-0.2, -0.15) is 10.4 Å². The van der Waals surface area contributed by atoms with Gasteiger partial charge >= 0.3 is 0 Å². The molecule has 24 heavy (non-hydrogen) atoms. The number of nitriles is 1. The first-order valence-corrected chi connectivity index (χ1v) is 7.75. The quantitative estimate of drug-likeness (QED) is 0.646. The molecule has 0 radical (unpaired) electrons. The molecule has 0 aromatic heterocycles. The Kier molecular flexibility index (Phi) is 6.35. The monoisotopic (exact) mass is 340 g/mol. The fraction of sp³-hybridized carbons (Fsp3) is 0.167. The summed E-state index contributed by atoms with van der Waals surface area (Å²) < 4.78 is 0. The van der Waals surface area contributed by atoms with E-state index in [0.717, 1.165) is 11.3 Å². The van der Waals surface area contributed by atoms with Crippen LogP contribution < -0.4 is 10.3 Å². The molecule has 0 aliphatic heterocycles. The third-order valence-corrected chi connectivity index (χ3v) is 3.72. The molecular weight excluding hydrogens is 324 g/mol. The van der Waals surface area contributed by atoms with E-state index in [0.29, 0.717) is 23.6 Å². The van der Waals surface area contributed by atoms with Gasteiger partial charge in [-0.05, 0) is 29.8 Å². The van der Waals surface area contributed by atoms with Crippen LogP contribution in [0.3, 0.4) is 0 Å². The number of carbonyl (C=O) groups is 1. The van der Waals surface area contributed by atoms with Crippen LogP contribution in [0.15, 0.2) is 53.6 Å². The lowest BCUT2D eigenvalue weighted by molar-refractivity contribution is 0.0955. The summed E-state index contributed by atoms with van der Waals surface area (Å²) in [5.41, 5.74) is 4.70. The lowest BCUT2D eigenvalue weighted by atomic mass is 10.2. The van der Waals surface area contributed by atoms with Crippen molar-refractivity contribution in [1.82, 2.24) is 5.43 Å². The van der Waals surface area contributed by atoms with E-state index in [9.17, 15) is 4.79 Å². The highest BCUT2D eigenvalue weighted by molar-refractivity contribution is 6.33. The molecule has 1 amide bonds. The highest BCUT2D eigenvalue weighted by atomic mass is 35.5. The van der Waals surface area contributed by atoms with Crippen LogP contribution in [-0.2, 0) is 0 Å². The molecule has 0 heterocycles. The van der Waals surface area contributed by atoms with Crippen molar-refractivity contribution in [2.45, 2.75) is 6.42 Å². The Bertz CT molecular complexity index is 765. The molecule has 0 saturated carbocycles. The van der Waals surface area contributed by atoms with Crippen LogP contribution in [0.4, 0.5) is 5.69 Å². The molecule has 0 aliphatic rings. The Hall–Kier alpha value is -2.84. The maximum atomic E-state index is 12.0. The largest absolute Gasteiger partial charge is 0.374 e. The van der Waals surface area contributed by atoms with E-state index in [1.807, 2.05) is 36.2 Å². The van der Waals surface area contributed by atoms with Crippen LogP contribution in [0.25, 0.3) is 0 Å². The zero-order valence-corrected chi connectivity index (χ0v) is 14.0. The number of nitrogens with zero attached hydrogens (tertiary/aromatic N) is 3. The topological polar surface area (TPSA) is 68.5 Å². The number of anilines is 1. The fourth-order valence-electron chi connectivity index (χ4n) is 2.03. The average molecular weight is 341 g/mol. The minimum atomic E-state index is -0.357. The zero-order valence-electron chi connectivity index (χ0n) is 13.2. The molecule has 0 spiro atoms. The van der Waals surface area contributed by atoms with Crippen molar-refractivity contribution in [3.05, 3.63) is 64.7 Å². The molecule has 0 atom stereocenters. The molecule has 0 fully saturated rings. The lowest BCUT2D eigenvalue weighted by Crippen LogP contribution is -2.18. The van der Waals surface area contributed by atoms with Gasteiger partial charge in [0, 0.05) is 19.3 Å². The van der Waals surface area contributed by atoms with Crippen molar-refractivity contribution in [2.24, 2.45) is 5.10 Å². The van der Waals surface area contributed by atoms with Crippen LogP contribution in [0.5, 0.6) is 0 Å². The summed E-state index contributed by atoms with van der Waals surface area (Å²) in [5.74, 6) is -0.357. The number of hydrogen-bond donors (Lipinski definition) is 1. The minimum Gasteiger partial charge on any atom is -0.374 e. The van der Waals surface area contributed by atoms with E-state index in [-0.39, 0.29) is 5.91 Å². The van der Waals surface area contributed by atoms with Gasteiger partial charge in [-0.15, -0.1) is 0 Å². The molecule has 6 heteroatoms. The van der Waals surface area contributed by atoms with Crippen LogP contribution in [0.2, 0.25) is 5.02 Å². The van der Waals surface area contributed by atoms with Gasteiger partial charge in [-0.1, -0.05) is 35.9 Å². The summed E-state index contributed by atoms with van der Waals surface area (Å²) in [6.45, 7) is 0.678. The van der Waals surface area contributed by atoms with Crippen LogP contribution in [0, 0.1) is 11.3 Å². The Morgan fingerprint density at radius 2 is 2.00 bits per heavy atom. The number of benzene rings is 2. The third-order valence-electron chi connectivity index (χ3n) is 3.39. The summed E-state index contributed by atoms with van der Waals surface area (Å²) in [5, 5.41) is 12.9. The van der Waals surface area contributed by atoms with Gasteiger partial charge in [-0.25, -0.2) is 5.43 Å². The zero-order chi connectivity index (χ0) is 17.4. The lowest BCUT2D eigenvalue weighted by Gasteiger charge is -2.17. The predicted molar refractivity (Wildman–Crippen MR) is 96.5 cm³/mol. The highest BCUT2D eigenvalue weighted by Gasteiger charge is 2.07. The molecule has 5 nitrogen and oxygen atoms in total. The average Bonchev–Trinajstić information content (AvgIpc) is 2.60. The highest BCUT2D eigenvalue weighted by Crippen LogP contribution is 2.15. The fourth-order valence-corrected chi connectivity index (χ4v) is 2.25. The number of hydrazone groups is 1. The molecule has 1 N–H and O–H groups in total. The number of halogens is 1. The first-order valence-electron chi connectivity index (χ1n) is 7.38. The van der Waals surface area contributed by atoms with E-state index in [2.05, 4.69) is 16.6 Å². The van der Waals surface area contributed by atoms with E-state index in [1.54, 1.807) is 30.5 Å². The maximum Gasteiger partial charge on any atom is 0.272 e. The number of rotatable bonds is 6. The van der Waals surface area contributed by atoms with E-state index in [1.165, 1.54) is 0 Å². The van der Waals surface area contributed by atoms with Crippen molar-refractivity contribution in [1.29, 1.82) is 5.26 Å². The second-order valence-electron chi connectivity index (χ2n) is 5.10. The van der Waals surface area contributed by atoms with Crippen LogP contribution >= 0.6 is 11.6 Å². The van der Waals surface area contributed by atoms with Crippen LogP contribution in [-0.4, -0.2) is 25.7 Å². The Morgan fingerprint density at radius 1 is 1.29 bits per heavy atom. The SMILES string of the molecule is CN(CCC#N)c1ccc(/C=N\NC(=O)c2ccccc2Cl)cc1. The summed E-state index contributed by atoms with van der Waals surface area (Å²) in [4.78, 5) is 14.0. The van der Waals surface area contributed by atoms with Crippen LogP contribution in [0.1, 0.15) is 22.3 Å². The molecule has 2 aromatic rings. The summed E-state index contributed by atoms with van der Waals surface area (Å²) >= 11 is 5.96. The van der Waals surface area contributed by atoms with Gasteiger partial charge in [0.15, 0.2) is 0 Å². The van der Waals surface area contributed by atoms with Crippen molar-refractivity contribution in [3.63, 3.8) is 0 Å². The molecule has 2 aromatic carbocycles. The minimum absolute atomic E-state index is 0.357. The van der Waals surface area contributed by atoms with Gasteiger partial charge in [0.2, 0.25) is 0 Å². The number of hydrogen-bond acceptors (Lipinski definition) is 4. The second-order valence-corrected chi connectivity index (χ2v) is 5.51. The van der Waals surface area contributed by atoms with E-state index < -0.39 is 0 Å². The molecule has 2 rings (SSSR count). The Balaban J connectivity index is 1.94. The van der Waals surface area contributed by atoms with Gasteiger partial charge in [0.25, 0.3) is 5.91 Å². The van der Waals surface area contributed by atoms with Crippen molar-refractivity contribution < 1.29 is 4.79 Å². The summed E-state index contributed by atoms with van der Waals surface area (Å²) in [6, 6.07) is 16.6. The standard InChI is InChI=1S/C18H17ClN4O/c1-23(12-4-11-20)15-9-7-14(8-10-15)13-21-22-18(24)16-5-2-3-6-17(16)19/h2-3,5-10,13H,4,12H2,1H3,(H,22,24)/b21-13-. The molecule has 122 valence electrons. The molecule has 0 saturated heterocycles. The van der Waals surface area contributed by atoms with Gasteiger partial charge < -0.3 is 4.90 Å². The van der Waals surface area contributed by atoms with E-state index in [4.69, 9.17) is 16.9 Å². The van der Waals surface area contributed by atoms with Crippen molar-refractivity contribution in [3.8, 4) is 6.07 Å². The van der Waals surface area contributed by atoms with Gasteiger partial charge in [0.1, 0.15) is 0 Å². The number of nitrogens with one attached hydrogen (secondary N) is 1.